The minimum Gasteiger partial charge on any atom is -0.475 e. The molecule has 55 heavy (non-hydrogen) atoms. The van der Waals surface area contributed by atoms with Gasteiger partial charge in [-0.15, -0.1) is 0 Å². The van der Waals surface area contributed by atoms with Crippen LogP contribution in [-0.4, -0.2) is 91.7 Å². The van der Waals surface area contributed by atoms with E-state index in [-0.39, 0.29) is 37.6 Å². The number of nitrogens with two attached hydrogens (primary N) is 2. The smallest absolute Gasteiger partial charge is 0.475 e. The molecular formula is C34H44F3N6O11P. The molecule has 0 radical (unpaired) electrons. The molecule has 0 spiro atoms. The van der Waals surface area contributed by atoms with Gasteiger partial charge in [0.25, 0.3) is 0 Å². The van der Waals surface area contributed by atoms with Crippen LogP contribution in [0.1, 0.15) is 62.5 Å². The Morgan fingerprint density at radius 1 is 0.927 bits per heavy atom. The van der Waals surface area contributed by atoms with E-state index < -0.39 is 73.7 Å². The van der Waals surface area contributed by atoms with Gasteiger partial charge in [0, 0.05) is 19.0 Å². The Balaban J connectivity index is 0.00000106. The zero-order valence-corrected chi connectivity index (χ0v) is 30.3. The Kier molecular flexibility index (Phi) is 16.2. The fourth-order valence-corrected chi connectivity index (χ4v) is 6.50. The number of nitrogens with one attached hydrogen (secondary N) is 3. The van der Waals surface area contributed by atoms with E-state index in [0.29, 0.717) is 37.7 Å². The summed E-state index contributed by atoms with van der Waals surface area (Å²) < 4.78 is 47.3. The fourth-order valence-electron chi connectivity index (χ4n) is 6.10. The summed E-state index contributed by atoms with van der Waals surface area (Å²) >= 11 is 0. The van der Waals surface area contributed by atoms with Gasteiger partial charge in [0.1, 0.15) is 23.9 Å². The molecule has 302 valence electrons. The van der Waals surface area contributed by atoms with Crippen LogP contribution < -0.4 is 31.9 Å². The molecule has 4 rings (SSSR count). The van der Waals surface area contributed by atoms with Gasteiger partial charge in [-0.3, -0.25) is 33.8 Å². The van der Waals surface area contributed by atoms with E-state index in [0.717, 1.165) is 12.0 Å². The van der Waals surface area contributed by atoms with Crippen molar-refractivity contribution in [2.45, 2.75) is 101 Å². The maximum absolute atomic E-state index is 13.9. The molecule has 5 amide bonds. The Bertz CT molecular complexity index is 1710. The third kappa shape index (κ3) is 14.6. The summed E-state index contributed by atoms with van der Waals surface area (Å²) in [4.78, 5) is 93.7. The highest BCUT2D eigenvalue weighted by atomic mass is 31.2. The van der Waals surface area contributed by atoms with Gasteiger partial charge in [0.15, 0.2) is 0 Å². The first-order valence-electron chi connectivity index (χ1n) is 17.2. The van der Waals surface area contributed by atoms with Crippen LogP contribution in [0.15, 0.2) is 54.6 Å². The number of alkyl halides is 3. The molecule has 2 aromatic carbocycles. The first-order valence-corrected chi connectivity index (χ1v) is 18.7. The molecule has 2 fully saturated rings. The number of nitrogens with zero attached hydrogens (tertiary/aromatic N) is 1. The van der Waals surface area contributed by atoms with Crippen LogP contribution >= 0.6 is 7.82 Å². The monoisotopic (exact) mass is 800 g/mol. The summed E-state index contributed by atoms with van der Waals surface area (Å²) in [6.07, 6.45) is -1.67. The lowest BCUT2D eigenvalue weighted by molar-refractivity contribution is -0.192. The number of amides is 5. The van der Waals surface area contributed by atoms with E-state index in [9.17, 15) is 41.7 Å². The molecule has 0 aromatic heterocycles. The van der Waals surface area contributed by atoms with Crippen LogP contribution in [0.5, 0.6) is 5.75 Å². The van der Waals surface area contributed by atoms with E-state index in [4.69, 9.17) is 31.2 Å². The second kappa shape index (κ2) is 20.0. The topological polar surface area (TPSA) is 281 Å². The minimum atomic E-state index is -5.08. The second-order valence-corrected chi connectivity index (χ2v) is 14.1. The average Bonchev–Trinajstić information content (AvgIpc) is 3.53. The largest absolute Gasteiger partial charge is 0.524 e. The molecule has 10 N–H and O–H groups in total. The Morgan fingerprint density at radius 3 is 2.13 bits per heavy atom. The molecule has 0 aliphatic carbocycles. The van der Waals surface area contributed by atoms with Crippen molar-refractivity contribution in [3.05, 3.63) is 65.7 Å². The number of halogens is 3. The van der Waals surface area contributed by atoms with Gasteiger partial charge < -0.3 is 41.9 Å². The molecule has 2 aliphatic rings. The summed E-state index contributed by atoms with van der Waals surface area (Å²) in [5.74, 6) is -5.40. The summed E-state index contributed by atoms with van der Waals surface area (Å²) in [7, 11) is -4.71. The number of carboxylic acid groups (broad SMARTS) is 1. The molecule has 17 nitrogen and oxygen atoms in total. The molecule has 1 unspecified atom stereocenters. The van der Waals surface area contributed by atoms with Crippen molar-refractivity contribution in [2.24, 2.45) is 11.5 Å². The minimum absolute atomic E-state index is 0.0121. The maximum Gasteiger partial charge on any atom is 0.524 e. The predicted molar refractivity (Wildman–Crippen MR) is 187 cm³/mol. The van der Waals surface area contributed by atoms with Gasteiger partial charge in [-0.05, 0) is 61.8 Å². The quantitative estimate of drug-likeness (QED) is 0.125. The third-order valence-corrected chi connectivity index (χ3v) is 9.21. The number of aliphatic carboxylic acids is 1. The van der Waals surface area contributed by atoms with E-state index in [1.54, 1.807) is 0 Å². The number of carbonyl (C=O) groups is 6. The first kappa shape index (κ1) is 44.4. The number of benzene rings is 2. The van der Waals surface area contributed by atoms with Gasteiger partial charge in [-0.2, -0.15) is 13.2 Å². The van der Waals surface area contributed by atoms with Crippen molar-refractivity contribution in [3.63, 3.8) is 0 Å². The number of carboxylic acids is 1. The number of rotatable bonds is 14. The molecule has 2 aliphatic heterocycles. The van der Waals surface area contributed by atoms with Gasteiger partial charge >= 0.3 is 20.0 Å². The van der Waals surface area contributed by atoms with Crippen molar-refractivity contribution in [2.75, 3.05) is 0 Å². The van der Waals surface area contributed by atoms with Crippen LogP contribution in [0.3, 0.4) is 0 Å². The lowest BCUT2D eigenvalue weighted by atomic mass is 9.98. The molecule has 2 aromatic rings. The molecule has 0 saturated carbocycles. The standard InChI is InChI=1S/C32H43N6O9P.C2HF3O2/c33-24(18-20-10-13-23(14-11-20)47-48(44,45)46)29(40)37-26-9-5-4-8-22-12-16-27(38(22)32(26)43)31(42)36-25(15-17-28(34)39)30(41)35-19-21-6-2-1-3-7-21;3-2(4,5)1(6)7/h1-3,6-7,10-11,13-14,22,24-27H,4-5,8-9,12,15-19,33H2,(H2,34,39)(H,35,41)(H,36,42)(H,37,40)(H2,44,45,46);(H,6,7)/t22?,24-,25-,26-,27-;/m0./s1. The SMILES string of the molecule is NC(=O)CC[C@H](NC(=O)[C@@H]1CCC2CCCC[C@H](NC(=O)[C@@H](N)Cc3ccc(OP(=O)(O)O)cc3)C(=O)N21)C(=O)NCc1ccccc1.O=C(O)C(F)(F)F. The van der Waals surface area contributed by atoms with Crippen LogP contribution in [0.4, 0.5) is 13.2 Å². The summed E-state index contributed by atoms with van der Waals surface area (Å²) in [6, 6.07) is 10.9. The van der Waals surface area contributed by atoms with Crippen LogP contribution in [0, 0.1) is 0 Å². The van der Waals surface area contributed by atoms with E-state index >= 15 is 0 Å². The lowest BCUT2D eigenvalue weighted by Gasteiger charge is -2.36. The number of hydrogen-bond donors (Lipinski definition) is 8. The highest BCUT2D eigenvalue weighted by molar-refractivity contribution is 7.46. The molecule has 2 saturated heterocycles. The highest BCUT2D eigenvalue weighted by Crippen LogP contribution is 2.37. The number of phosphoric ester groups is 1. The van der Waals surface area contributed by atoms with E-state index in [2.05, 4.69) is 20.5 Å². The van der Waals surface area contributed by atoms with E-state index in [1.165, 1.54) is 29.2 Å². The van der Waals surface area contributed by atoms with Crippen molar-refractivity contribution < 1.29 is 65.9 Å². The molecular weight excluding hydrogens is 756 g/mol. The summed E-state index contributed by atoms with van der Waals surface area (Å²) in [5, 5.41) is 15.4. The number of fused-ring (bicyclic) bond motifs is 1. The number of hydrogen-bond acceptors (Lipinski definition) is 9. The highest BCUT2D eigenvalue weighted by Gasteiger charge is 2.45. The van der Waals surface area contributed by atoms with Crippen molar-refractivity contribution >= 4 is 43.3 Å². The van der Waals surface area contributed by atoms with E-state index in [1.807, 2.05) is 30.3 Å². The number of carbonyl (C=O) groups excluding carboxylic acids is 5. The first-order chi connectivity index (χ1) is 25.7. The van der Waals surface area contributed by atoms with Crippen LogP contribution in [0.2, 0.25) is 0 Å². The van der Waals surface area contributed by atoms with Crippen molar-refractivity contribution in [1.29, 1.82) is 0 Å². The van der Waals surface area contributed by atoms with Crippen molar-refractivity contribution in [3.8, 4) is 5.75 Å². The van der Waals surface area contributed by atoms with Crippen LogP contribution in [-0.2, 0) is 46.3 Å². The Hall–Kier alpha value is -5.04. The van der Waals surface area contributed by atoms with Gasteiger partial charge in [-0.1, -0.05) is 55.3 Å². The zero-order chi connectivity index (χ0) is 40.9. The molecule has 2 heterocycles. The predicted octanol–water partition coefficient (Wildman–Crippen LogP) is 1.15. The second-order valence-electron chi connectivity index (χ2n) is 12.9. The number of primary amides is 1. The fraction of sp³-hybridized carbons (Fsp3) is 0.471. The summed E-state index contributed by atoms with van der Waals surface area (Å²) in [6.45, 7) is 0.221. The lowest BCUT2D eigenvalue weighted by Crippen LogP contribution is -2.59. The average molecular weight is 801 g/mol. The maximum atomic E-state index is 13.9. The number of phosphoric acid groups is 1. The Morgan fingerprint density at radius 2 is 1.55 bits per heavy atom. The summed E-state index contributed by atoms with van der Waals surface area (Å²) in [5.41, 5.74) is 13.0. The van der Waals surface area contributed by atoms with Gasteiger partial charge in [-0.25, -0.2) is 9.36 Å². The molecule has 5 atom stereocenters. The van der Waals surface area contributed by atoms with Gasteiger partial charge in [0.2, 0.25) is 29.5 Å². The van der Waals surface area contributed by atoms with Gasteiger partial charge in [0.05, 0.1) is 6.04 Å². The normalized spacial score (nSPS) is 19.6. The Labute approximate surface area is 313 Å². The zero-order valence-electron chi connectivity index (χ0n) is 29.4. The van der Waals surface area contributed by atoms with Crippen LogP contribution in [0.25, 0.3) is 0 Å². The third-order valence-electron chi connectivity index (χ3n) is 8.76. The van der Waals surface area contributed by atoms with Crippen molar-refractivity contribution in [1.82, 2.24) is 20.9 Å². The molecule has 0 bridgehead atoms. The molecule has 21 heteroatoms.